The molecular weight excluding hydrogens is 198 g/mol. The minimum absolute atomic E-state index is 0. The summed E-state index contributed by atoms with van der Waals surface area (Å²) in [5.41, 5.74) is 6.14. The van der Waals surface area contributed by atoms with Crippen LogP contribution in [-0.4, -0.2) is 18.2 Å². The molecule has 2 aliphatic carbocycles. The van der Waals surface area contributed by atoms with E-state index in [1.54, 1.807) is 0 Å². The fourth-order valence-electron chi connectivity index (χ4n) is 1.97. The SMILES string of the molecule is CC1(N)CCC(OCC2CC2)CC1.Cl. The molecule has 0 spiro atoms. The summed E-state index contributed by atoms with van der Waals surface area (Å²) in [4.78, 5) is 0. The summed E-state index contributed by atoms with van der Waals surface area (Å²) in [6.45, 7) is 3.16. The number of nitrogens with two attached hydrogens (primary N) is 1. The molecule has 0 atom stereocenters. The highest BCUT2D eigenvalue weighted by molar-refractivity contribution is 5.85. The minimum Gasteiger partial charge on any atom is -0.378 e. The van der Waals surface area contributed by atoms with Gasteiger partial charge in [-0.05, 0) is 51.4 Å². The molecule has 0 aliphatic heterocycles. The van der Waals surface area contributed by atoms with E-state index in [0.29, 0.717) is 6.10 Å². The van der Waals surface area contributed by atoms with Crippen LogP contribution in [0.5, 0.6) is 0 Å². The molecule has 3 heteroatoms. The predicted molar refractivity (Wildman–Crippen MR) is 60.8 cm³/mol. The van der Waals surface area contributed by atoms with Crippen molar-refractivity contribution in [3.63, 3.8) is 0 Å². The van der Waals surface area contributed by atoms with E-state index in [2.05, 4.69) is 6.92 Å². The number of hydrogen-bond donors (Lipinski definition) is 1. The molecule has 0 heterocycles. The van der Waals surface area contributed by atoms with Gasteiger partial charge in [0.1, 0.15) is 0 Å². The van der Waals surface area contributed by atoms with Gasteiger partial charge in [-0.15, -0.1) is 12.4 Å². The van der Waals surface area contributed by atoms with E-state index in [4.69, 9.17) is 10.5 Å². The zero-order valence-electron chi connectivity index (χ0n) is 9.00. The van der Waals surface area contributed by atoms with Gasteiger partial charge >= 0.3 is 0 Å². The highest BCUT2D eigenvalue weighted by Crippen LogP contribution is 2.32. The second-order valence-corrected chi connectivity index (χ2v) is 5.13. The van der Waals surface area contributed by atoms with Crippen LogP contribution in [0.3, 0.4) is 0 Å². The molecule has 0 aromatic rings. The third-order valence-corrected chi connectivity index (χ3v) is 3.34. The van der Waals surface area contributed by atoms with Gasteiger partial charge < -0.3 is 10.5 Å². The van der Waals surface area contributed by atoms with E-state index < -0.39 is 0 Å². The van der Waals surface area contributed by atoms with E-state index in [1.165, 1.54) is 25.7 Å². The minimum atomic E-state index is 0. The topological polar surface area (TPSA) is 35.2 Å². The number of rotatable bonds is 3. The molecule has 2 saturated carbocycles. The Morgan fingerprint density at radius 2 is 1.79 bits per heavy atom. The maximum absolute atomic E-state index is 6.05. The molecule has 0 unspecified atom stereocenters. The van der Waals surface area contributed by atoms with Crippen molar-refractivity contribution in [1.29, 1.82) is 0 Å². The van der Waals surface area contributed by atoms with E-state index in [-0.39, 0.29) is 17.9 Å². The molecule has 0 amide bonds. The van der Waals surface area contributed by atoms with Gasteiger partial charge in [0.15, 0.2) is 0 Å². The van der Waals surface area contributed by atoms with Crippen LogP contribution in [0.15, 0.2) is 0 Å². The zero-order chi connectivity index (χ0) is 9.31. The van der Waals surface area contributed by atoms with Crippen molar-refractivity contribution in [1.82, 2.24) is 0 Å². The van der Waals surface area contributed by atoms with Crippen molar-refractivity contribution in [3.8, 4) is 0 Å². The van der Waals surface area contributed by atoms with Crippen molar-refractivity contribution in [2.24, 2.45) is 11.7 Å². The summed E-state index contributed by atoms with van der Waals surface area (Å²) in [6.07, 6.45) is 7.88. The molecule has 0 aromatic heterocycles. The summed E-state index contributed by atoms with van der Waals surface area (Å²) in [7, 11) is 0. The van der Waals surface area contributed by atoms with Gasteiger partial charge in [-0.1, -0.05) is 0 Å². The first-order valence-corrected chi connectivity index (χ1v) is 5.56. The highest BCUT2D eigenvalue weighted by atomic mass is 35.5. The quantitative estimate of drug-likeness (QED) is 0.792. The lowest BCUT2D eigenvalue weighted by molar-refractivity contribution is 0.00995. The molecular formula is C11H22ClNO. The Kier molecular flexibility index (Phi) is 4.23. The molecule has 2 nitrogen and oxygen atoms in total. The average molecular weight is 220 g/mol. The fourth-order valence-corrected chi connectivity index (χ4v) is 1.97. The Bertz CT molecular complexity index is 167. The van der Waals surface area contributed by atoms with Crippen LogP contribution in [0.4, 0.5) is 0 Å². The van der Waals surface area contributed by atoms with E-state index in [0.717, 1.165) is 25.4 Å². The highest BCUT2D eigenvalue weighted by Gasteiger charge is 2.29. The van der Waals surface area contributed by atoms with Gasteiger partial charge in [-0.2, -0.15) is 0 Å². The molecule has 2 aliphatic rings. The second-order valence-electron chi connectivity index (χ2n) is 5.13. The van der Waals surface area contributed by atoms with Crippen LogP contribution >= 0.6 is 12.4 Å². The van der Waals surface area contributed by atoms with E-state index >= 15 is 0 Å². The molecule has 0 saturated heterocycles. The van der Waals surface area contributed by atoms with Crippen LogP contribution in [-0.2, 0) is 4.74 Å². The third kappa shape index (κ3) is 3.76. The van der Waals surface area contributed by atoms with Crippen LogP contribution in [0.2, 0.25) is 0 Å². The molecule has 2 rings (SSSR count). The molecule has 0 bridgehead atoms. The summed E-state index contributed by atoms with van der Waals surface area (Å²) >= 11 is 0. The van der Waals surface area contributed by atoms with Crippen molar-refractivity contribution in [2.75, 3.05) is 6.61 Å². The smallest absolute Gasteiger partial charge is 0.0576 e. The number of halogens is 1. The van der Waals surface area contributed by atoms with Crippen LogP contribution in [0.25, 0.3) is 0 Å². The summed E-state index contributed by atoms with van der Waals surface area (Å²) in [5, 5.41) is 0. The Morgan fingerprint density at radius 1 is 1.21 bits per heavy atom. The third-order valence-electron chi connectivity index (χ3n) is 3.34. The van der Waals surface area contributed by atoms with Gasteiger partial charge in [0.05, 0.1) is 6.10 Å². The first-order chi connectivity index (χ1) is 6.16. The van der Waals surface area contributed by atoms with Gasteiger partial charge in [0, 0.05) is 12.1 Å². The molecule has 2 fully saturated rings. The second kappa shape index (κ2) is 4.82. The Hall–Kier alpha value is 0.210. The fraction of sp³-hybridized carbons (Fsp3) is 1.00. The summed E-state index contributed by atoms with van der Waals surface area (Å²) < 4.78 is 5.84. The Labute approximate surface area is 93.0 Å². The monoisotopic (exact) mass is 219 g/mol. The normalized spacial score (nSPS) is 37.7. The largest absolute Gasteiger partial charge is 0.378 e. The molecule has 14 heavy (non-hydrogen) atoms. The summed E-state index contributed by atoms with van der Waals surface area (Å²) in [6, 6.07) is 0. The first-order valence-electron chi connectivity index (χ1n) is 5.56. The van der Waals surface area contributed by atoms with E-state index in [1.807, 2.05) is 0 Å². The predicted octanol–water partition coefficient (Wildman–Crippen LogP) is 2.49. The Morgan fingerprint density at radius 3 is 2.29 bits per heavy atom. The number of ether oxygens (including phenoxy) is 1. The molecule has 0 aromatic carbocycles. The lowest BCUT2D eigenvalue weighted by Crippen LogP contribution is -2.41. The van der Waals surface area contributed by atoms with Crippen LogP contribution in [0, 0.1) is 5.92 Å². The maximum Gasteiger partial charge on any atom is 0.0576 e. The average Bonchev–Trinajstić information content (AvgIpc) is 2.86. The van der Waals surface area contributed by atoms with Crippen LogP contribution < -0.4 is 5.73 Å². The van der Waals surface area contributed by atoms with Gasteiger partial charge in [0.25, 0.3) is 0 Å². The van der Waals surface area contributed by atoms with Gasteiger partial charge in [-0.25, -0.2) is 0 Å². The lowest BCUT2D eigenvalue weighted by atomic mass is 9.83. The molecule has 0 radical (unpaired) electrons. The zero-order valence-corrected chi connectivity index (χ0v) is 9.81. The van der Waals surface area contributed by atoms with Gasteiger partial charge in [-0.3, -0.25) is 0 Å². The molecule has 84 valence electrons. The van der Waals surface area contributed by atoms with Crippen molar-refractivity contribution in [2.45, 2.75) is 57.1 Å². The van der Waals surface area contributed by atoms with E-state index in [9.17, 15) is 0 Å². The van der Waals surface area contributed by atoms with Crippen LogP contribution in [0.1, 0.15) is 45.4 Å². The number of hydrogen-bond acceptors (Lipinski definition) is 2. The molecule has 2 N–H and O–H groups in total. The summed E-state index contributed by atoms with van der Waals surface area (Å²) in [5.74, 6) is 0.895. The first kappa shape index (κ1) is 12.3. The lowest BCUT2D eigenvalue weighted by Gasteiger charge is -2.34. The van der Waals surface area contributed by atoms with Crippen molar-refractivity contribution >= 4 is 12.4 Å². The van der Waals surface area contributed by atoms with Crippen molar-refractivity contribution < 1.29 is 4.74 Å². The maximum atomic E-state index is 6.05. The standard InChI is InChI=1S/C11H21NO.ClH/c1-11(12)6-4-10(5-7-11)13-8-9-2-3-9;/h9-10H,2-8,12H2,1H3;1H. The Balaban J connectivity index is 0.000000980. The van der Waals surface area contributed by atoms with Crippen molar-refractivity contribution in [3.05, 3.63) is 0 Å². The van der Waals surface area contributed by atoms with Gasteiger partial charge in [0.2, 0.25) is 0 Å².